The number of carbonyl (C=O) groups is 1. The molecule has 0 bridgehead atoms. The van der Waals surface area contributed by atoms with Crippen molar-refractivity contribution in [1.29, 1.82) is 0 Å². The van der Waals surface area contributed by atoms with Crippen LogP contribution in [0.25, 0.3) is 0 Å². The third-order valence-electron chi connectivity index (χ3n) is 5.02. The first-order chi connectivity index (χ1) is 16.0. The van der Waals surface area contributed by atoms with Gasteiger partial charge in [-0.05, 0) is 18.6 Å². The van der Waals surface area contributed by atoms with Gasteiger partial charge in [0.1, 0.15) is 12.6 Å². The summed E-state index contributed by atoms with van der Waals surface area (Å²) in [6.45, 7) is 5.29. The van der Waals surface area contributed by atoms with Crippen LogP contribution >= 0.6 is 11.8 Å². The molecule has 3 aromatic rings. The van der Waals surface area contributed by atoms with Crippen molar-refractivity contribution in [3.05, 3.63) is 99.8 Å². The largest absolute Gasteiger partial charge is 0.458 e. The number of hydrogen-bond donors (Lipinski definition) is 1. The van der Waals surface area contributed by atoms with Gasteiger partial charge in [0.05, 0.1) is 16.1 Å². The van der Waals surface area contributed by atoms with Crippen LogP contribution in [0, 0.1) is 10.1 Å². The molecule has 1 aromatic heterocycles. The normalized spacial score (nSPS) is 14.9. The Labute approximate surface area is 194 Å². The third kappa shape index (κ3) is 4.65. The van der Waals surface area contributed by atoms with Gasteiger partial charge >= 0.3 is 5.97 Å². The van der Waals surface area contributed by atoms with Crippen LogP contribution in [0.1, 0.15) is 24.1 Å². The molecule has 1 aliphatic rings. The lowest BCUT2D eigenvalue weighted by Gasteiger charge is -2.27. The van der Waals surface area contributed by atoms with Gasteiger partial charge in [-0.2, -0.15) is 4.98 Å². The predicted molar refractivity (Wildman–Crippen MR) is 125 cm³/mol. The first-order valence-corrected chi connectivity index (χ1v) is 11.1. The van der Waals surface area contributed by atoms with Crippen LogP contribution in [0.4, 0.5) is 11.6 Å². The predicted octanol–water partition coefficient (Wildman–Crippen LogP) is 4.50. The molecule has 1 aliphatic heterocycles. The Balaban J connectivity index is 1.76. The van der Waals surface area contributed by atoms with E-state index in [2.05, 4.69) is 22.0 Å². The average Bonchev–Trinajstić information content (AvgIpc) is 3.23. The molecule has 2 aromatic carbocycles. The van der Waals surface area contributed by atoms with Gasteiger partial charge in [-0.3, -0.25) is 10.1 Å². The number of ether oxygens (including phenoxy) is 1. The standard InChI is InChI=1S/C23H21N5O4S/c1-3-13-32-21(29)19-15(2)24-22-25-23(33-14-16-9-5-4-6-10-16)26-27(22)20(19)17-11-7-8-12-18(17)28(30)31/h3-12,20H,1,13-14H2,2H3,(H,24,25,26)/t20-/m0/s1. The Morgan fingerprint density at radius 1 is 1.27 bits per heavy atom. The highest BCUT2D eigenvalue weighted by Gasteiger charge is 2.38. The molecule has 0 saturated heterocycles. The van der Waals surface area contributed by atoms with Crippen molar-refractivity contribution in [2.45, 2.75) is 23.9 Å². The van der Waals surface area contributed by atoms with Crippen molar-refractivity contribution in [3.63, 3.8) is 0 Å². The number of rotatable bonds is 8. The highest BCUT2D eigenvalue weighted by atomic mass is 32.2. The fourth-order valence-corrected chi connectivity index (χ4v) is 4.35. The van der Waals surface area contributed by atoms with Crippen LogP contribution in [0.2, 0.25) is 0 Å². The van der Waals surface area contributed by atoms with Crippen molar-refractivity contribution in [3.8, 4) is 0 Å². The Morgan fingerprint density at radius 2 is 2.00 bits per heavy atom. The van der Waals surface area contributed by atoms with Crippen LogP contribution < -0.4 is 5.32 Å². The van der Waals surface area contributed by atoms with Crippen molar-refractivity contribution in [2.24, 2.45) is 0 Å². The Bertz CT molecular complexity index is 1240. The second-order valence-corrected chi connectivity index (χ2v) is 8.15. The van der Waals surface area contributed by atoms with E-state index in [9.17, 15) is 14.9 Å². The number of allylic oxidation sites excluding steroid dienone is 1. The van der Waals surface area contributed by atoms with Crippen LogP contribution in [0.5, 0.6) is 0 Å². The molecule has 1 atom stereocenters. The van der Waals surface area contributed by atoms with E-state index in [-0.39, 0.29) is 17.9 Å². The summed E-state index contributed by atoms with van der Waals surface area (Å²) >= 11 is 1.43. The SMILES string of the molecule is C=CCOC(=O)C1=C(C)Nc2nc(SCc3ccccc3)nn2[C@H]1c1ccccc1[N+](=O)[O-]. The van der Waals surface area contributed by atoms with Gasteiger partial charge in [-0.1, -0.05) is 66.9 Å². The molecule has 10 heteroatoms. The van der Waals surface area contributed by atoms with E-state index >= 15 is 0 Å². The maximum atomic E-state index is 13.0. The number of carbonyl (C=O) groups excluding carboxylic acids is 1. The highest BCUT2D eigenvalue weighted by molar-refractivity contribution is 7.98. The number of fused-ring (bicyclic) bond motifs is 1. The number of aromatic nitrogens is 3. The van der Waals surface area contributed by atoms with E-state index in [0.717, 1.165) is 5.56 Å². The molecule has 0 saturated carbocycles. The summed E-state index contributed by atoms with van der Waals surface area (Å²) in [7, 11) is 0. The Morgan fingerprint density at radius 3 is 2.73 bits per heavy atom. The van der Waals surface area contributed by atoms with Crippen LogP contribution in [0.15, 0.2) is 83.7 Å². The van der Waals surface area contributed by atoms with E-state index in [4.69, 9.17) is 4.74 Å². The topological polar surface area (TPSA) is 112 Å². The number of nitro groups is 1. The lowest BCUT2D eigenvalue weighted by molar-refractivity contribution is -0.385. The number of nitro benzene ring substituents is 1. The van der Waals surface area contributed by atoms with Crippen molar-refractivity contribution < 1.29 is 14.5 Å². The molecule has 2 heterocycles. The molecule has 9 nitrogen and oxygen atoms in total. The monoisotopic (exact) mass is 463 g/mol. The first-order valence-electron chi connectivity index (χ1n) is 10.1. The maximum absolute atomic E-state index is 13.0. The fourth-order valence-electron chi connectivity index (χ4n) is 3.56. The molecular weight excluding hydrogens is 442 g/mol. The molecule has 33 heavy (non-hydrogen) atoms. The fraction of sp³-hybridized carbons (Fsp3) is 0.174. The number of para-hydroxylation sites is 1. The molecule has 0 unspecified atom stereocenters. The summed E-state index contributed by atoms with van der Waals surface area (Å²) in [5, 5.41) is 19.9. The van der Waals surface area contributed by atoms with Gasteiger partial charge in [0.25, 0.3) is 5.69 Å². The average molecular weight is 464 g/mol. The zero-order valence-electron chi connectivity index (χ0n) is 17.8. The summed E-state index contributed by atoms with van der Waals surface area (Å²) in [6.07, 6.45) is 1.46. The van der Waals surface area contributed by atoms with Crippen LogP contribution in [-0.2, 0) is 15.3 Å². The van der Waals surface area contributed by atoms with E-state index in [1.54, 1.807) is 25.1 Å². The Hall–Kier alpha value is -3.92. The molecule has 4 rings (SSSR count). The molecule has 1 N–H and O–H groups in total. The quantitative estimate of drug-likeness (QED) is 0.171. The zero-order chi connectivity index (χ0) is 23.4. The second kappa shape index (κ2) is 9.70. The van der Waals surface area contributed by atoms with Gasteiger partial charge in [0.2, 0.25) is 11.1 Å². The summed E-state index contributed by atoms with van der Waals surface area (Å²) in [5.41, 5.74) is 2.03. The number of benzene rings is 2. The summed E-state index contributed by atoms with van der Waals surface area (Å²) in [5.74, 6) is 0.440. The molecule has 0 fully saturated rings. The van der Waals surface area contributed by atoms with Gasteiger partial charge in [-0.15, -0.1) is 5.10 Å². The van der Waals surface area contributed by atoms with Crippen molar-refractivity contribution >= 4 is 29.4 Å². The molecular formula is C23H21N5O4S. The van der Waals surface area contributed by atoms with E-state index in [1.807, 2.05) is 30.3 Å². The van der Waals surface area contributed by atoms with E-state index < -0.39 is 16.9 Å². The number of anilines is 1. The van der Waals surface area contributed by atoms with Gasteiger partial charge < -0.3 is 10.1 Å². The first kappa shape index (κ1) is 22.3. The number of nitrogens with zero attached hydrogens (tertiary/aromatic N) is 4. The van der Waals surface area contributed by atoms with E-state index in [1.165, 1.54) is 28.6 Å². The number of hydrogen-bond acceptors (Lipinski definition) is 8. The molecule has 168 valence electrons. The van der Waals surface area contributed by atoms with Gasteiger partial charge in [0.15, 0.2) is 0 Å². The maximum Gasteiger partial charge on any atom is 0.338 e. The lowest BCUT2D eigenvalue weighted by Crippen LogP contribution is -2.30. The highest BCUT2D eigenvalue weighted by Crippen LogP contribution is 2.40. The minimum Gasteiger partial charge on any atom is -0.458 e. The molecule has 0 radical (unpaired) electrons. The number of esters is 1. The van der Waals surface area contributed by atoms with Crippen molar-refractivity contribution in [1.82, 2.24) is 14.8 Å². The van der Waals surface area contributed by atoms with E-state index in [0.29, 0.717) is 28.1 Å². The number of nitrogens with one attached hydrogen (secondary N) is 1. The molecule has 0 spiro atoms. The lowest BCUT2D eigenvalue weighted by atomic mass is 9.94. The third-order valence-corrected chi connectivity index (χ3v) is 5.93. The zero-order valence-corrected chi connectivity index (χ0v) is 18.6. The summed E-state index contributed by atoms with van der Waals surface area (Å²) < 4.78 is 6.80. The smallest absolute Gasteiger partial charge is 0.338 e. The molecule has 0 amide bonds. The number of thioether (sulfide) groups is 1. The minimum absolute atomic E-state index is 0.0155. The van der Waals surface area contributed by atoms with Crippen LogP contribution in [0.3, 0.4) is 0 Å². The summed E-state index contributed by atoms with van der Waals surface area (Å²) in [6, 6.07) is 15.3. The Kier molecular flexibility index (Phi) is 6.55. The van der Waals surface area contributed by atoms with Crippen LogP contribution in [-0.4, -0.2) is 32.3 Å². The summed E-state index contributed by atoms with van der Waals surface area (Å²) in [4.78, 5) is 28.8. The van der Waals surface area contributed by atoms with Crippen molar-refractivity contribution in [2.75, 3.05) is 11.9 Å². The van der Waals surface area contributed by atoms with Gasteiger partial charge in [0, 0.05) is 17.5 Å². The second-order valence-electron chi connectivity index (χ2n) is 7.21. The van der Waals surface area contributed by atoms with Gasteiger partial charge in [-0.25, -0.2) is 9.48 Å². The minimum atomic E-state index is -0.876. The molecule has 0 aliphatic carbocycles.